The SMILES string of the molecule is CC(C)=Cc1cccc(C2(c3nc4c(c(=O)[nH]3)CN(C(=O)C(O)c3cccc(C(F)(F)F)c3)CCC4)CC2)c1. The molecule has 0 spiro atoms. The number of alkyl halides is 3. The Morgan fingerprint density at radius 3 is 2.59 bits per heavy atom. The number of aliphatic hydroxyl groups is 1. The van der Waals surface area contributed by atoms with Crippen molar-refractivity contribution in [3.8, 4) is 0 Å². The minimum absolute atomic E-state index is 0.0736. The lowest BCUT2D eigenvalue weighted by Crippen LogP contribution is -2.36. The van der Waals surface area contributed by atoms with Crippen molar-refractivity contribution in [2.24, 2.45) is 0 Å². The molecule has 1 unspecified atom stereocenters. The lowest BCUT2D eigenvalue weighted by atomic mass is 9.92. The van der Waals surface area contributed by atoms with Crippen LogP contribution >= 0.6 is 0 Å². The van der Waals surface area contributed by atoms with Crippen LogP contribution in [0.4, 0.5) is 13.2 Å². The Morgan fingerprint density at radius 2 is 1.90 bits per heavy atom. The molecular formula is C30H30F3N3O3. The number of aliphatic hydroxyl groups excluding tert-OH is 1. The van der Waals surface area contributed by atoms with Gasteiger partial charge in [0.05, 0.1) is 28.8 Å². The van der Waals surface area contributed by atoms with Crippen molar-refractivity contribution in [1.82, 2.24) is 14.9 Å². The minimum atomic E-state index is -4.59. The summed E-state index contributed by atoms with van der Waals surface area (Å²) in [4.78, 5) is 35.6. The number of aromatic amines is 1. The van der Waals surface area contributed by atoms with Gasteiger partial charge in [-0.3, -0.25) is 9.59 Å². The molecule has 204 valence electrons. The first-order chi connectivity index (χ1) is 18.5. The first kappa shape index (κ1) is 26.9. The highest BCUT2D eigenvalue weighted by Crippen LogP contribution is 2.52. The van der Waals surface area contributed by atoms with Crippen LogP contribution in [0.25, 0.3) is 6.08 Å². The summed E-state index contributed by atoms with van der Waals surface area (Å²) < 4.78 is 39.4. The highest BCUT2D eigenvalue weighted by atomic mass is 19.4. The van der Waals surface area contributed by atoms with Crippen molar-refractivity contribution in [1.29, 1.82) is 0 Å². The van der Waals surface area contributed by atoms with E-state index in [0.717, 1.165) is 42.2 Å². The fourth-order valence-electron chi connectivity index (χ4n) is 5.28. The van der Waals surface area contributed by atoms with Gasteiger partial charge in [-0.15, -0.1) is 0 Å². The summed E-state index contributed by atoms with van der Waals surface area (Å²) in [5, 5.41) is 10.6. The molecule has 1 aromatic heterocycles. The maximum atomic E-state index is 13.3. The van der Waals surface area contributed by atoms with Crippen LogP contribution in [-0.2, 0) is 29.4 Å². The van der Waals surface area contributed by atoms with Gasteiger partial charge in [0, 0.05) is 6.54 Å². The number of H-pyrrole nitrogens is 1. The van der Waals surface area contributed by atoms with E-state index in [2.05, 4.69) is 23.2 Å². The van der Waals surface area contributed by atoms with Gasteiger partial charge in [-0.25, -0.2) is 4.98 Å². The van der Waals surface area contributed by atoms with Crippen molar-refractivity contribution in [3.05, 3.63) is 104 Å². The third-order valence-electron chi connectivity index (χ3n) is 7.46. The molecule has 2 heterocycles. The summed E-state index contributed by atoms with van der Waals surface area (Å²) in [5.41, 5.74) is 2.54. The lowest BCUT2D eigenvalue weighted by Gasteiger charge is -2.24. The molecule has 1 amide bonds. The average molecular weight is 538 g/mol. The number of fused-ring (bicyclic) bond motifs is 1. The van der Waals surface area contributed by atoms with E-state index in [0.29, 0.717) is 29.9 Å². The van der Waals surface area contributed by atoms with Gasteiger partial charge >= 0.3 is 6.18 Å². The molecule has 6 nitrogen and oxygen atoms in total. The van der Waals surface area contributed by atoms with Crippen molar-refractivity contribution in [2.45, 2.75) is 63.8 Å². The van der Waals surface area contributed by atoms with Crippen LogP contribution in [0.3, 0.4) is 0 Å². The monoisotopic (exact) mass is 537 g/mol. The van der Waals surface area contributed by atoms with Gasteiger partial charge in [0.15, 0.2) is 6.10 Å². The standard InChI is InChI=1S/C30H30F3N3O3/c1-18(2)14-19-6-3-8-21(15-19)29(11-12-29)28-34-24-10-5-13-36(17-23(24)26(38)35-28)27(39)25(37)20-7-4-9-22(16-20)30(31,32)33/h3-4,6-9,14-16,25,37H,5,10-13,17H2,1-2H3,(H,34,35,38). The summed E-state index contributed by atoms with van der Waals surface area (Å²) in [6.45, 7) is 4.25. The van der Waals surface area contributed by atoms with E-state index in [-0.39, 0.29) is 29.6 Å². The van der Waals surface area contributed by atoms with Crippen LogP contribution in [0.1, 0.15) is 78.5 Å². The number of aromatic nitrogens is 2. The fourth-order valence-corrected chi connectivity index (χ4v) is 5.28. The Hall–Kier alpha value is -3.72. The molecule has 2 aromatic carbocycles. The van der Waals surface area contributed by atoms with Crippen LogP contribution in [0.5, 0.6) is 0 Å². The molecule has 39 heavy (non-hydrogen) atoms. The van der Waals surface area contributed by atoms with Gasteiger partial charge in [0.1, 0.15) is 5.82 Å². The molecule has 0 saturated heterocycles. The number of nitrogens with one attached hydrogen (secondary N) is 1. The number of hydrogen-bond donors (Lipinski definition) is 2. The number of aryl methyl sites for hydroxylation is 1. The number of rotatable bonds is 5. The second-order valence-corrected chi connectivity index (χ2v) is 10.7. The molecule has 1 atom stereocenters. The van der Waals surface area contributed by atoms with Gasteiger partial charge in [-0.2, -0.15) is 13.2 Å². The van der Waals surface area contributed by atoms with E-state index in [9.17, 15) is 27.9 Å². The molecule has 2 aliphatic rings. The highest BCUT2D eigenvalue weighted by Gasteiger charge is 2.49. The Labute approximate surface area is 224 Å². The van der Waals surface area contributed by atoms with Gasteiger partial charge in [-0.05, 0) is 68.4 Å². The third-order valence-corrected chi connectivity index (χ3v) is 7.46. The molecular weight excluding hydrogens is 507 g/mol. The minimum Gasteiger partial charge on any atom is -0.378 e. The van der Waals surface area contributed by atoms with E-state index >= 15 is 0 Å². The molecule has 5 rings (SSSR count). The Kier molecular flexibility index (Phi) is 6.97. The Balaban J connectivity index is 1.41. The molecule has 9 heteroatoms. The molecule has 1 aliphatic heterocycles. The molecule has 1 saturated carbocycles. The predicted octanol–water partition coefficient (Wildman–Crippen LogP) is 5.30. The quantitative estimate of drug-likeness (QED) is 0.463. The average Bonchev–Trinajstić information content (AvgIpc) is 3.72. The second kappa shape index (κ2) is 10.1. The number of hydrogen-bond acceptors (Lipinski definition) is 4. The number of allylic oxidation sites excluding steroid dienone is 1. The van der Waals surface area contributed by atoms with Gasteiger partial charge < -0.3 is 15.0 Å². The Bertz CT molecular complexity index is 1500. The zero-order valence-electron chi connectivity index (χ0n) is 21.8. The first-order valence-corrected chi connectivity index (χ1v) is 13.0. The van der Waals surface area contributed by atoms with E-state index in [4.69, 9.17) is 4.98 Å². The van der Waals surface area contributed by atoms with Crippen LogP contribution in [0.15, 0.2) is 58.9 Å². The normalized spacial score (nSPS) is 17.1. The summed E-state index contributed by atoms with van der Waals surface area (Å²) in [7, 11) is 0. The Morgan fingerprint density at radius 1 is 1.15 bits per heavy atom. The summed E-state index contributed by atoms with van der Waals surface area (Å²) in [6, 6.07) is 12.3. The van der Waals surface area contributed by atoms with Crippen LogP contribution in [0.2, 0.25) is 0 Å². The van der Waals surface area contributed by atoms with Crippen LogP contribution in [-0.4, -0.2) is 32.4 Å². The summed E-state index contributed by atoms with van der Waals surface area (Å²) in [6.07, 6.45) is -1.56. The third kappa shape index (κ3) is 5.41. The highest BCUT2D eigenvalue weighted by molar-refractivity contribution is 5.82. The number of benzene rings is 2. The second-order valence-electron chi connectivity index (χ2n) is 10.7. The predicted molar refractivity (Wildman–Crippen MR) is 141 cm³/mol. The smallest absolute Gasteiger partial charge is 0.378 e. The number of carbonyl (C=O) groups is 1. The van der Waals surface area contributed by atoms with E-state index in [1.807, 2.05) is 26.0 Å². The van der Waals surface area contributed by atoms with Crippen molar-refractivity contribution in [3.63, 3.8) is 0 Å². The van der Waals surface area contributed by atoms with Crippen molar-refractivity contribution < 1.29 is 23.1 Å². The maximum Gasteiger partial charge on any atom is 0.416 e. The summed E-state index contributed by atoms with van der Waals surface area (Å²) in [5.74, 6) is -0.134. The fraction of sp³-hybridized carbons (Fsp3) is 0.367. The van der Waals surface area contributed by atoms with Crippen LogP contribution < -0.4 is 5.56 Å². The van der Waals surface area contributed by atoms with Crippen molar-refractivity contribution >= 4 is 12.0 Å². The zero-order chi connectivity index (χ0) is 27.9. The lowest BCUT2D eigenvalue weighted by molar-refractivity contribution is -0.142. The van der Waals surface area contributed by atoms with E-state index in [1.165, 1.54) is 16.5 Å². The van der Waals surface area contributed by atoms with E-state index in [1.54, 1.807) is 0 Å². The van der Waals surface area contributed by atoms with E-state index < -0.39 is 23.8 Å². The number of carbonyl (C=O) groups excluding carboxylic acids is 1. The zero-order valence-corrected chi connectivity index (χ0v) is 21.8. The van der Waals surface area contributed by atoms with Gasteiger partial charge in [-0.1, -0.05) is 48.0 Å². The van der Waals surface area contributed by atoms with Crippen LogP contribution in [0, 0.1) is 0 Å². The largest absolute Gasteiger partial charge is 0.416 e. The molecule has 3 aromatic rings. The maximum absolute atomic E-state index is 13.3. The number of amides is 1. The summed E-state index contributed by atoms with van der Waals surface area (Å²) >= 11 is 0. The first-order valence-electron chi connectivity index (χ1n) is 13.0. The molecule has 1 aliphatic carbocycles. The van der Waals surface area contributed by atoms with Gasteiger partial charge in [0.25, 0.3) is 11.5 Å². The molecule has 2 N–H and O–H groups in total. The number of nitrogens with zero attached hydrogens (tertiary/aromatic N) is 2. The van der Waals surface area contributed by atoms with Crippen molar-refractivity contribution in [2.75, 3.05) is 6.54 Å². The topological polar surface area (TPSA) is 86.3 Å². The molecule has 1 fully saturated rings. The molecule has 0 bridgehead atoms. The molecule has 0 radical (unpaired) electrons. The number of halogens is 3. The van der Waals surface area contributed by atoms with Gasteiger partial charge in [0.2, 0.25) is 0 Å².